The fourth-order valence-corrected chi connectivity index (χ4v) is 2.70. The fraction of sp³-hybridized carbons (Fsp3) is 0.316. The zero-order chi connectivity index (χ0) is 18.2. The van der Waals surface area contributed by atoms with Crippen LogP contribution in [0.4, 0.5) is 5.69 Å². The predicted molar refractivity (Wildman–Crippen MR) is 97.7 cm³/mol. The molecule has 7 nitrogen and oxygen atoms in total. The van der Waals surface area contributed by atoms with E-state index in [1.165, 1.54) is 0 Å². The molecule has 0 bridgehead atoms. The van der Waals surface area contributed by atoms with Crippen molar-refractivity contribution in [1.82, 2.24) is 15.6 Å². The van der Waals surface area contributed by atoms with Crippen molar-refractivity contribution < 1.29 is 14.3 Å². The van der Waals surface area contributed by atoms with Gasteiger partial charge >= 0.3 is 0 Å². The predicted octanol–water partition coefficient (Wildman–Crippen LogP) is 1.33. The lowest BCUT2D eigenvalue weighted by atomic mass is 10.1. The van der Waals surface area contributed by atoms with Crippen LogP contribution in [0.25, 0.3) is 0 Å². The molecule has 1 saturated heterocycles. The van der Waals surface area contributed by atoms with Gasteiger partial charge in [-0.3, -0.25) is 14.6 Å². The molecule has 0 radical (unpaired) electrons. The van der Waals surface area contributed by atoms with Gasteiger partial charge < -0.3 is 20.7 Å². The highest BCUT2D eigenvalue weighted by molar-refractivity contribution is 5.97. The van der Waals surface area contributed by atoms with Crippen LogP contribution in [0, 0.1) is 0 Å². The van der Waals surface area contributed by atoms with Gasteiger partial charge in [-0.25, -0.2) is 0 Å². The Hall–Kier alpha value is -2.77. The molecule has 0 aliphatic carbocycles. The van der Waals surface area contributed by atoms with Gasteiger partial charge in [-0.2, -0.15) is 0 Å². The van der Waals surface area contributed by atoms with Crippen LogP contribution in [0.5, 0.6) is 0 Å². The standard InChI is InChI=1S/C19H22N4O3/c24-18(11-17-13-26-9-8-21-17)23-15-6-3-4-14(10-15)19(25)22-12-16-5-1-2-7-20-16/h1-7,10,17,21H,8-9,11-13H2,(H,22,25)(H,23,24). The van der Waals surface area contributed by atoms with E-state index >= 15 is 0 Å². The van der Waals surface area contributed by atoms with Gasteiger partial charge in [-0.15, -0.1) is 0 Å². The van der Waals surface area contributed by atoms with Crippen LogP contribution in [0.2, 0.25) is 0 Å². The molecule has 1 aliphatic heterocycles. The number of aromatic nitrogens is 1. The van der Waals surface area contributed by atoms with E-state index < -0.39 is 0 Å². The van der Waals surface area contributed by atoms with Crippen LogP contribution in [-0.2, 0) is 16.1 Å². The molecule has 26 heavy (non-hydrogen) atoms. The van der Waals surface area contributed by atoms with Crippen molar-refractivity contribution in [3.8, 4) is 0 Å². The molecule has 1 aromatic heterocycles. The monoisotopic (exact) mass is 354 g/mol. The van der Waals surface area contributed by atoms with Gasteiger partial charge in [0.15, 0.2) is 0 Å². The van der Waals surface area contributed by atoms with Crippen molar-refractivity contribution in [1.29, 1.82) is 0 Å². The lowest BCUT2D eigenvalue weighted by molar-refractivity contribution is -0.117. The largest absolute Gasteiger partial charge is 0.378 e. The molecule has 1 aromatic carbocycles. The van der Waals surface area contributed by atoms with E-state index in [4.69, 9.17) is 4.74 Å². The minimum Gasteiger partial charge on any atom is -0.378 e. The van der Waals surface area contributed by atoms with Crippen LogP contribution in [0.1, 0.15) is 22.5 Å². The number of nitrogens with zero attached hydrogens (tertiary/aromatic N) is 1. The molecular formula is C19H22N4O3. The number of hydrogen-bond donors (Lipinski definition) is 3. The van der Waals surface area contributed by atoms with Crippen LogP contribution in [0.3, 0.4) is 0 Å². The molecule has 2 amide bonds. The van der Waals surface area contributed by atoms with Gasteiger partial charge in [-0.1, -0.05) is 12.1 Å². The van der Waals surface area contributed by atoms with Gasteiger partial charge in [0, 0.05) is 36.5 Å². The van der Waals surface area contributed by atoms with Crippen LogP contribution in [0.15, 0.2) is 48.7 Å². The molecule has 1 atom stereocenters. The second-order valence-electron chi connectivity index (χ2n) is 6.06. The highest BCUT2D eigenvalue weighted by Gasteiger charge is 2.17. The van der Waals surface area contributed by atoms with Crippen molar-refractivity contribution in [3.63, 3.8) is 0 Å². The van der Waals surface area contributed by atoms with E-state index in [1.54, 1.807) is 30.5 Å². The molecule has 0 spiro atoms. The smallest absolute Gasteiger partial charge is 0.251 e. The average Bonchev–Trinajstić information content (AvgIpc) is 2.68. The normalized spacial score (nSPS) is 16.7. The van der Waals surface area contributed by atoms with Crippen LogP contribution < -0.4 is 16.0 Å². The van der Waals surface area contributed by atoms with E-state index in [-0.39, 0.29) is 17.9 Å². The summed E-state index contributed by atoms with van der Waals surface area (Å²) in [7, 11) is 0. The molecule has 3 N–H and O–H groups in total. The van der Waals surface area contributed by atoms with E-state index in [9.17, 15) is 9.59 Å². The third-order valence-electron chi connectivity index (χ3n) is 3.99. The number of rotatable bonds is 6. The summed E-state index contributed by atoms with van der Waals surface area (Å²) >= 11 is 0. The van der Waals surface area contributed by atoms with Gasteiger partial charge in [-0.05, 0) is 30.3 Å². The maximum atomic E-state index is 12.3. The minimum atomic E-state index is -0.214. The molecule has 0 saturated carbocycles. The average molecular weight is 354 g/mol. The second-order valence-corrected chi connectivity index (χ2v) is 6.06. The van der Waals surface area contributed by atoms with Crippen molar-refractivity contribution in [2.45, 2.75) is 19.0 Å². The number of ether oxygens (including phenoxy) is 1. The number of benzene rings is 1. The number of hydrogen-bond acceptors (Lipinski definition) is 5. The molecule has 2 heterocycles. The third kappa shape index (κ3) is 5.37. The Labute approximate surface area is 152 Å². The summed E-state index contributed by atoms with van der Waals surface area (Å²) in [5.41, 5.74) is 1.86. The number of morpholine rings is 1. The summed E-state index contributed by atoms with van der Waals surface area (Å²) in [6.45, 7) is 2.31. The Kier molecular flexibility index (Phi) is 6.29. The highest BCUT2D eigenvalue weighted by atomic mass is 16.5. The molecule has 1 fully saturated rings. The van der Waals surface area contributed by atoms with Crippen molar-refractivity contribution in [2.24, 2.45) is 0 Å². The number of nitrogens with one attached hydrogen (secondary N) is 3. The number of pyridine rings is 1. The van der Waals surface area contributed by atoms with E-state index in [2.05, 4.69) is 20.9 Å². The Morgan fingerprint density at radius 1 is 1.23 bits per heavy atom. The Bertz CT molecular complexity index is 745. The minimum absolute atomic E-state index is 0.0219. The highest BCUT2D eigenvalue weighted by Crippen LogP contribution is 2.12. The number of amides is 2. The first-order chi connectivity index (χ1) is 12.7. The van der Waals surface area contributed by atoms with Crippen LogP contribution >= 0.6 is 0 Å². The van der Waals surface area contributed by atoms with Gasteiger partial charge in [0.25, 0.3) is 5.91 Å². The zero-order valence-corrected chi connectivity index (χ0v) is 14.4. The lowest BCUT2D eigenvalue weighted by Gasteiger charge is -2.23. The summed E-state index contributed by atoms with van der Waals surface area (Å²) in [5.74, 6) is -0.326. The van der Waals surface area contributed by atoms with Gasteiger partial charge in [0.05, 0.1) is 25.5 Å². The topological polar surface area (TPSA) is 92.4 Å². The summed E-state index contributed by atoms with van der Waals surface area (Å²) in [4.78, 5) is 28.6. The molecular weight excluding hydrogens is 332 g/mol. The van der Waals surface area contributed by atoms with E-state index in [1.807, 2.05) is 18.2 Å². The van der Waals surface area contributed by atoms with Gasteiger partial charge in [0.1, 0.15) is 0 Å². The lowest BCUT2D eigenvalue weighted by Crippen LogP contribution is -2.43. The number of carbonyl (C=O) groups excluding carboxylic acids is 2. The quantitative estimate of drug-likeness (QED) is 0.728. The van der Waals surface area contributed by atoms with E-state index in [0.29, 0.717) is 37.4 Å². The molecule has 2 aromatic rings. The first-order valence-corrected chi connectivity index (χ1v) is 8.60. The maximum Gasteiger partial charge on any atom is 0.251 e. The Morgan fingerprint density at radius 3 is 2.92 bits per heavy atom. The van der Waals surface area contributed by atoms with Crippen molar-refractivity contribution >= 4 is 17.5 Å². The molecule has 1 unspecified atom stereocenters. The number of carbonyl (C=O) groups is 2. The summed E-state index contributed by atoms with van der Waals surface area (Å²) in [6.07, 6.45) is 2.01. The summed E-state index contributed by atoms with van der Waals surface area (Å²) < 4.78 is 5.35. The van der Waals surface area contributed by atoms with Gasteiger partial charge in [0.2, 0.25) is 5.91 Å². The fourth-order valence-electron chi connectivity index (χ4n) is 2.70. The van der Waals surface area contributed by atoms with Crippen molar-refractivity contribution in [3.05, 3.63) is 59.9 Å². The maximum absolute atomic E-state index is 12.3. The summed E-state index contributed by atoms with van der Waals surface area (Å²) in [6, 6.07) is 12.4. The molecule has 136 valence electrons. The Morgan fingerprint density at radius 2 is 2.15 bits per heavy atom. The number of anilines is 1. The Balaban J connectivity index is 1.53. The zero-order valence-electron chi connectivity index (χ0n) is 14.4. The third-order valence-corrected chi connectivity index (χ3v) is 3.99. The first kappa shape index (κ1) is 18.0. The first-order valence-electron chi connectivity index (χ1n) is 8.60. The molecule has 7 heteroatoms. The molecule has 1 aliphatic rings. The molecule has 3 rings (SSSR count). The van der Waals surface area contributed by atoms with Crippen LogP contribution in [-0.4, -0.2) is 42.6 Å². The van der Waals surface area contributed by atoms with E-state index in [0.717, 1.165) is 12.2 Å². The summed E-state index contributed by atoms with van der Waals surface area (Å²) in [5, 5.41) is 8.89. The SMILES string of the molecule is O=C(CC1COCCN1)Nc1cccc(C(=O)NCc2ccccn2)c1. The second kappa shape index (κ2) is 9.07. The van der Waals surface area contributed by atoms with Crippen molar-refractivity contribution in [2.75, 3.05) is 25.1 Å².